The van der Waals surface area contributed by atoms with Gasteiger partial charge in [0.1, 0.15) is 6.61 Å². The first-order valence-electron chi connectivity index (χ1n) is 7.19. The highest BCUT2D eigenvalue weighted by atomic mass is 16.5. The Hall–Kier alpha value is -2.14. The molecule has 2 aromatic rings. The van der Waals surface area contributed by atoms with Crippen molar-refractivity contribution in [2.75, 3.05) is 18.1 Å². The van der Waals surface area contributed by atoms with Crippen LogP contribution in [-0.2, 0) is 23.2 Å². The monoisotopic (exact) mass is 285 g/mol. The number of fused-ring (bicyclic) bond motifs is 1. The van der Waals surface area contributed by atoms with E-state index in [-0.39, 0.29) is 12.5 Å². The molecular weight excluding hydrogens is 266 g/mol. The van der Waals surface area contributed by atoms with Crippen molar-refractivity contribution in [3.8, 4) is 11.1 Å². The number of amides is 1. The van der Waals surface area contributed by atoms with Gasteiger partial charge in [0.15, 0.2) is 0 Å². The van der Waals surface area contributed by atoms with E-state index in [4.69, 9.17) is 4.74 Å². The van der Waals surface area contributed by atoms with Crippen LogP contribution >= 0.6 is 0 Å². The van der Waals surface area contributed by atoms with Crippen LogP contribution in [0.2, 0.25) is 0 Å². The first-order valence-corrected chi connectivity index (χ1v) is 7.19. The summed E-state index contributed by atoms with van der Waals surface area (Å²) in [5.41, 5.74) is 4.18. The second-order valence-electron chi connectivity index (χ2n) is 5.28. The van der Waals surface area contributed by atoms with Gasteiger partial charge in [-0.15, -0.1) is 0 Å². The summed E-state index contributed by atoms with van der Waals surface area (Å²) in [6.07, 6.45) is 4.75. The molecule has 0 spiro atoms. The van der Waals surface area contributed by atoms with Gasteiger partial charge >= 0.3 is 0 Å². The molecule has 5 heteroatoms. The number of aryl methyl sites for hydroxylation is 1. The number of carbonyl (C=O) groups is 1. The highest BCUT2D eigenvalue weighted by molar-refractivity contribution is 5.95. The number of rotatable bonds is 3. The maximum atomic E-state index is 12.1. The van der Waals surface area contributed by atoms with Gasteiger partial charge in [-0.3, -0.25) is 9.48 Å². The summed E-state index contributed by atoms with van der Waals surface area (Å²) < 4.78 is 7.28. The summed E-state index contributed by atoms with van der Waals surface area (Å²) in [6.45, 7) is 3.41. The van der Waals surface area contributed by atoms with Crippen molar-refractivity contribution in [2.24, 2.45) is 7.05 Å². The number of hydrogen-bond acceptors (Lipinski definition) is 3. The largest absolute Gasteiger partial charge is 0.367 e. The van der Waals surface area contributed by atoms with Crippen molar-refractivity contribution in [1.82, 2.24) is 9.78 Å². The molecule has 2 heterocycles. The number of benzene rings is 1. The maximum absolute atomic E-state index is 12.1. The molecule has 0 saturated carbocycles. The van der Waals surface area contributed by atoms with Crippen LogP contribution < -0.4 is 4.90 Å². The molecule has 0 unspecified atom stereocenters. The standard InChI is InChI=1S/C16H19N3O2/c1-3-6-19-15-5-4-12(14-8-17-18(2)9-14)7-13(15)10-21-11-16(19)20/h4-5,7-9H,3,6,10-11H2,1-2H3. The number of carbonyl (C=O) groups excluding carboxylic acids is 1. The van der Waals surface area contributed by atoms with E-state index in [9.17, 15) is 4.79 Å². The van der Waals surface area contributed by atoms with Gasteiger partial charge < -0.3 is 9.64 Å². The van der Waals surface area contributed by atoms with Crippen LogP contribution in [0.4, 0.5) is 5.69 Å². The molecule has 110 valence electrons. The molecule has 0 atom stereocenters. The predicted molar refractivity (Wildman–Crippen MR) is 80.9 cm³/mol. The lowest BCUT2D eigenvalue weighted by Gasteiger charge is -2.22. The Balaban J connectivity index is 2.01. The SMILES string of the molecule is CCCN1C(=O)COCc2cc(-c3cnn(C)c3)ccc21. The number of ether oxygens (including phenoxy) is 1. The van der Waals surface area contributed by atoms with Gasteiger partial charge in [-0.2, -0.15) is 5.10 Å². The summed E-state index contributed by atoms with van der Waals surface area (Å²) in [7, 11) is 1.90. The zero-order chi connectivity index (χ0) is 14.8. The second-order valence-corrected chi connectivity index (χ2v) is 5.28. The van der Waals surface area contributed by atoms with Gasteiger partial charge in [0.05, 0.1) is 12.8 Å². The van der Waals surface area contributed by atoms with Crippen LogP contribution in [-0.4, -0.2) is 28.8 Å². The molecule has 0 bridgehead atoms. The molecule has 1 aliphatic heterocycles. The van der Waals surface area contributed by atoms with Crippen molar-refractivity contribution >= 4 is 11.6 Å². The van der Waals surface area contributed by atoms with Crippen LogP contribution in [0.3, 0.4) is 0 Å². The van der Waals surface area contributed by atoms with E-state index < -0.39 is 0 Å². The molecule has 1 aromatic heterocycles. The molecule has 0 fully saturated rings. The average molecular weight is 285 g/mol. The Morgan fingerprint density at radius 1 is 1.29 bits per heavy atom. The van der Waals surface area contributed by atoms with Crippen LogP contribution in [0.1, 0.15) is 18.9 Å². The van der Waals surface area contributed by atoms with Crippen molar-refractivity contribution in [2.45, 2.75) is 20.0 Å². The normalized spacial score (nSPS) is 15.0. The number of nitrogens with zero attached hydrogens (tertiary/aromatic N) is 3. The molecule has 3 rings (SSSR count). The summed E-state index contributed by atoms with van der Waals surface area (Å²) >= 11 is 0. The third kappa shape index (κ3) is 2.69. The summed E-state index contributed by atoms with van der Waals surface area (Å²) in [6, 6.07) is 6.14. The molecule has 1 aliphatic rings. The summed E-state index contributed by atoms with van der Waals surface area (Å²) in [4.78, 5) is 13.9. The third-order valence-electron chi connectivity index (χ3n) is 3.64. The van der Waals surface area contributed by atoms with Gasteiger partial charge in [0, 0.05) is 36.6 Å². The number of hydrogen-bond donors (Lipinski definition) is 0. The molecule has 0 aliphatic carbocycles. The highest BCUT2D eigenvalue weighted by Gasteiger charge is 2.22. The fourth-order valence-electron chi connectivity index (χ4n) is 2.64. The van der Waals surface area contributed by atoms with E-state index in [1.807, 2.05) is 36.5 Å². The molecule has 1 aromatic carbocycles. The lowest BCUT2D eigenvalue weighted by Crippen LogP contribution is -2.33. The van der Waals surface area contributed by atoms with Gasteiger partial charge in [0.2, 0.25) is 0 Å². The van der Waals surface area contributed by atoms with Gasteiger partial charge in [-0.25, -0.2) is 0 Å². The van der Waals surface area contributed by atoms with E-state index in [1.54, 1.807) is 4.68 Å². The minimum atomic E-state index is 0.0322. The van der Waals surface area contributed by atoms with Gasteiger partial charge in [-0.05, 0) is 24.1 Å². The molecule has 1 amide bonds. The molecule has 0 radical (unpaired) electrons. The van der Waals surface area contributed by atoms with Crippen LogP contribution in [0.25, 0.3) is 11.1 Å². The first-order chi connectivity index (χ1) is 10.2. The van der Waals surface area contributed by atoms with Crippen molar-refractivity contribution in [3.05, 3.63) is 36.2 Å². The Morgan fingerprint density at radius 2 is 2.14 bits per heavy atom. The van der Waals surface area contributed by atoms with Crippen LogP contribution in [0.5, 0.6) is 0 Å². The smallest absolute Gasteiger partial charge is 0.252 e. The molecular formula is C16H19N3O2. The van der Waals surface area contributed by atoms with Crippen molar-refractivity contribution in [3.63, 3.8) is 0 Å². The summed E-state index contributed by atoms with van der Waals surface area (Å²) in [5, 5.41) is 4.20. The lowest BCUT2D eigenvalue weighted by molar-refractivity contribution is -0.123. The Morgan fingerprint density at radius 3 is 2.86 bits per heavy atom. The fourth-order valence-corrected chi connectivity index (χ4v) is 2.64. The first kappa shape index (κ1) is 13.8. The minimum Gasteiger partial charge on any atom is -0.367 e. The van der Waals surface area contributed by atoms with Gasteiger partial charge in [0.25, 0.3) is 5.91 Å². The quantitative estimate of drug-likeness (QED) is 0.869. The minimum absolute atomic E-state index is 0.0322. The van der Waals surface area contributed by atoms with E-state index >= 15 is 0 Å². The van der Waals surface area contributed by atoms with Gasteiger partial charge in [-0.1, -0.05) is 13.0 Å². The fraction of sp³-hybridized carbons (Fsp3) is 0.375. The zero-order valence-electron chi connectivity index (χ0n) is 12.4. The topological polar surface area (TPSA) is 47.4 Å². The van der Waals surface area contributed by atoms with E-state index in [0.29, 0.717) is 6.61 Å². The Bertz CT molecular complexity index is 663. The number of anilines is 1. The van der Waals surface area contributed by atoms with Crippen LogP contribution in [0, 0.1) is 0 Å². The van der Waals surface area contributed by atoms with E-state index in [1.165, 1.54) is 0 Å². The second kappa shape index (κ2) is 5.69. The predicted octanol–water partition coefficient (Wildman–Crippen LogP) is 2.36. The lowest BCUT2D eigenvalue weighted by atomic mass is 10.0. The zero-order valence-corrected chi connectivity index (χ0v) is 12.4. The highest BCUT2D eigenvalue weighted by Crippen LogP contribution is 2.30. The van der Waals surface area contributed by atoms with Crippen LogP contribution in [0.15, 0.2) is 30.6 Å². The average Bonchev–Trinajstić information content (AvgIpc) is 2.85. The molecule has 5 nitrogen and oxygen atoms in total. The molecule has 0 saturated heterocycles. The molecule has 0 N–H and O–H groups in total. The third-order valence-corrected chi connectivity index (χ3v) is 3.64. The van der Waals surface area contributed by atoms with E-state index in [0.717, 1.165) is 35.3 Å². The van der Waals surface area contributed by atoms with E-state index in [2.05, 4.69) is 18.1 Å². The Labute approximate surface area is 124 Å². The Kier molecular flexibility index (Phi) is 3.75. The maximum Gasteiger partial charge on any atom is 0.252 e. The summed E-state index contributed by atoms with van der Waals surface area (Å²) in [5.74, 6) is 0.0322. The molecule has 21 heavy (non-hydrogen) atoms. The number of aromatic nitrogens is 2. The van der Waals surface area contributed by atoms with Crippen molar-refractivity contribution in [1.29, 1.82) is 0 Å². The van der Waals surface area contributed by atoms with Crippen molar-refractivity contribution < 1.29 is 9.53 Å².